The fraction of sp³-hybridized carbons (Fsp3) is 0.154. The number of carbonyl (C=O) groups excluding carboxylic acids is 1. The topological polar surface area (TPSA) is 46.1 Å². The first kappa shape index (κ1) is 12.5. The zero-order valence-electron chi connectivity index (χ0n) is 9.88. The molecule has 0 saturated carbocycles. The molecule has 0 aliphatic rings. The number of hydrogen-bond acceptors (Lipinski definition) is 3. The first-order valence-corrected chi connectivity index (χ1v) is 5.94. The minimum Gasteiger partial charge on any atom is -0.307 e. The number of halogens is 1. The second-order valence-electron chi connectivity index (χ2n) is 3.61. The van der Waals surface area contributed by atoms with E-state index in [4.69, 9.17) is 11.6 Å². The number of aromatic nitrogens is 2. The second-order valence-corrected chi connectivity index (χ2v) is 4.00. The van der Waals surface area contributed by atoms with Gasteiger partial charge in [0.2, 0.25) is 0 Å². The van der Waals surface area contributed by atoms with Crippen LogP contribution in [0.25, 0.3) is 0 Å². The van der Waals surface area contributed by atoms with Gasteiger partial charge >= 0.3 is 0 Å². The van der Waals surface area contributed by atoms with E-state index in [1.807, 2.05) is 37.3 Å². The van der Waals surface area contributed by atoms with E-state index >= 15 is 0 Å². The second kappa shape index (κ2) is 5.60. The minimum absolute atomic E-state index is 0.210. The molecule has 0 N–H and O–H groups in total. The highest BCUT2D eigenvalue weighted by atomic mass is 35.5. The van der Waals surface area contributed by atoms with Crippen molar-refractivity contribution >= 4 is 23.2 Å². The molecule has 0 atom stereocenters. The van der Waals surface area contributed by atoms with Gasteiger partial charge < -0.3 is 4.90 Å². The first-order chi connectivity index (χ1) is 8.72. The van der Waals surface area contributed by atoms with Gasteiger partial charge in [-0.05, 0) is 19.1 Å². The summed E-state index contributed by atoms with van der Waals surface area (Å²) in [5, 5.41) is 0.213. The van der Waals surface area contributed by atoms with Crippen LogP contribution in [-0.4, -0.2) is 22.4 Å². The number of amides is 1. The molecule has 18 heavy (non-hydrogen) atoms. The Morgan fingerprint density at radius 3 is 2.61 bits per heavy atom. The summed E-state index contributed by atoms with van der Waals surface area (Å²) < 4.78 is 0. The van der Waals surface area contributed by atoms with Crippen LogP contribution in [0.15, 0.2) is 42.7 Å². The van der Waals surface area contributed by atoms with Gasteiger partial charge in [0.25, 0.3) is 5.91 Å². The number of rotatable bonds is 3. The summed E-state index contributed by atoms with van der Waals surface area (Å²) in [6.45, 7) is 2.46. The molecule has 4 nitrogen and oxygen atoms in total. The summed E-state index contributed by atoms with van der Waals surface area (Å²) in [6.07, 6.45) is 2.82. The minimum atomic E-state index is -0.210. The van der Waals surface area contributed by atoms with Gasteiger partial charge in [-0.3, -0.25) is 9.78 Å². The summed E-state index contributed by atoms with van der Waals surface area (Å²) in [7, 11) is 0. The summed E-state index contributed by atoms with van der Waals surface area (Å²) in [4.78, 5) is 21.8. The number of carbonyl (C=O) groups is 1. The van der Waals surface area contributed by atoms with Gasteiger partial charge in [0.15, 0.2) is 0 Å². The fourth-order valence-corrected chi connectivity index (χ4v) is 1.78. The zero-order chi connectivity index (χ0) is 13.0. The normalized spacial score (nSPS) is 10.1. The van der Waals surface area contributed by atoms with Crippen LogP contribution in [0.1, 0.15) is 17.4 Å². The average molecular weight is 262 g/mol. The highest BCUT2D eigenvalue weighted by molar-refractivity contribution is 6.29. The third-order valence-corrected chi connectivity index (χ3v) is 2.64. The van der Waals surface area contributed by atoms with Crippen LogP contribution in [0.2, 0.25) is 5.15 Å². The van der Waals surface area contributed by atoms with E-state index < -0.39 is 0 Å². The Kier molecular flexibility index (Phi) is 3.89. The van der Waals surface area contributed by atoms with E-state index in [-0.39, 0.29) is 16.8 Å². The van der Waals surface area contributed by atoms with Crippen LogP contribution in [0, 0.1) is 0 Å². The lowest BCUT2D eigenvalue weighted by Crippen LogP contribution is -2.31. The predicted octanol–water partition coefficient (Wildman–Crippen LogP) is 2.80. The van der Waals surface area contributed by atoms with Gasteiger partial charge in [0, 0.05) is 12.2 Å². The van der Waals surface area contributed by atoms with Crippen molar-refractivity contribution < 1.29 is 4.79 Å². The molecule has 2 rings (SSSR count). The molecule has 2 aromatic rings. The maximum Gasteiger partial charge on any atom is 0.278 e. The van der Waals surface area contributed by atoms with Gasteiger partial charge in [-0.2, -0.15) is 0 Å². The highest BCUT2D eigenvalue weighted by Crippen LogP contribution is 2.16. The molecule has 0 aliphatic heterocycles. The van der Waals surface area contributed by atoms with Crippen molar-refractivity contribution in [1.29, 1.82) is 0 Å². The molecule has 1 amide bonds. The molecule has 1 aromatic carbocycles. The lowest BCUT2D eigenvalue weighted by atomic mass is 10.2. The molecule has 0 bridgehead atoms. The maximum atomic E-state index is 12.3. The molecular formula is C13H12ClN3O. The molecule has 5 heteroatoms. The van der Waals surface area contributed by atoms with Gasteiger partial charge in [-0.25, -0.2) is 4.98 Å². The molecule has 0 fully saturated rings. The largest absolute Gasteiger partial charge is 0.307 e. The SMILES string of the molecule is CCN(C(=O)c1cncc(Cl)n1)c1ccccc1. The Morgan fingerprint density at radius 1 is 1.28 bits per heavy atom. The zero-order valence-corrected chi connectivity index (χ0v) is 10.6. The average Bonchev–Trinajstić information content (AvgIpc) is 2.41. The van der Waals surface area contributed by atoms with E-state index in [9.17, 15) is 4.79 Å². The first-order valence-electron chi connectivity index (χ1n) is 5.57. The number of para-hydroxylation sites is 1. The number of nitrogens with zero attached hydrogens (tertiary/aromatic N) is 3. The van der Waals surface area contributed by atoms with Gasteiger partial charge in [0.1, 0.15) is 10.8 Å². The molecule has 0 spiro atoms. The molecular weight excluding hydrogens is 250 g/mol. The summed E-state index contributed by atoms with van der Waals surface area (Å²) in [5.41, 5.74) is 1.07. The van der Waals surface area contributed by atoms with Crippen LogP contribution in [0.4, 0.5) is 5.69 Å². The Morgan fingerprint density at radius 2 is 2.00 bits per heavy atom. The summed E-state index contributed by atoms with van der Waals surface area (Å²) in [6, 6.07) is 9.42. The predicted molar refractivity (Wildman–Crippen MR) is 70.8 cm³/mol. The van der Waals surface area contributed by atoms with Gasteiger partial charge in [-0.1, -0.05) is 29.8 Å². The Balaban J connectivity index is 2.32. The van der Waals surface area contributed by atoms with Crippen LogP contribution in [0.5, 0.6) is 0 Å². The standard InChI is InChI=1S/C13H12ClN3O/c1-2-17(10-6-4-3-5-7-10)13(18)11-8-15-9-12(14)16-11/h3-9H,2H2,1H3. The maximum absolute atomic E-state index is 12.3. The summed E-state index contributed by atoms with van der Waals surface area (Å²) in [5.74, 6) is -0.210. The molecule has 0 radical (unpaired) electrons. The molecule has 1 aromatic heterocycles. The quantitative estimate of drug-likeness (QED) is 0.854. The van der Waals surface area contributed by atoms with Gasteiger partial charge in [-0.15, -0.1) is 0 Å². The number of anilines is 1. The highest BCUT2D eigenvalue weighted by Gasteiger charge is 2.17. The van der Waals surface area contributed by atoms with Crippen molar-refractivity contribution in [2.45, 2.75) is 6.92 Å². The van der Waals surface area contributed by atoms with Crippen LogP contribution >= 0.6 is 11.6 Å². The van der Waals surface area contributed by atoms with Crippen molar-refractivity contribution in [3.63, 3.8) is 0 Å². The molecule has 0 saturated heterocycles. The van der Waals surface area contributed by atoms with Gasteiger partial charge in [0.05, 0.1) is 12.4 Å². The Labute approximate surface area is 110 Å². The molecule has 0 aliphatic carbocycles. The molecule has 0 unspecified atom stereocenters. The molecule has 92 valence electrons. The Bertz CT molecular complexity index is 545. The van der Waals surface area contributed by atoms with Crippen molar-refractivity contribution in [3.05, 3.63) is 53.6 Å². The van der Waals surface area contributed by atoms with Crippen molar-refractivity contribution in [2.75, 3.05) is 11.4 Å². The number of hydrogen-bond donors (Lipinski definition) is 0. The smallest absolute Gasteiger partial charge is 0.278 e. The lowest BCUT2D eigenvalue weighted by molar-refractivity contribution is 0.0983. The molecule has 1 heterocycles. The third kappa shape index (κ3) is 2.65. The lowest BCUT2D eigenvalue weighted by Gasteiger charge is -2.20. The van der Waals surface area contributed by atoms with Crippen LogP contribution in [0.3, 0.4) is 0 Å². The van der Waals surface area contributed by atoms with Crippen molar-refractivity contribution in [3.8, 4) is 0 Å². The van der Waals surface area contributed by atoms with E-state index in [2.05, 4.69) is 9.97 Å². The summed E-state index contributed by atoms with van der Waals surface area (Å²) >= 11 is 5.74. The van der Waals surface area contributed by atoms with Crippen molar-refractivity contribution in [2.24, 2.45) is 0 Å². The van der Waals surface area contributed by atoms with E-state index in [0.29, 0.717) is 6.54 Å². The monoisotopic (exact) mass is 261 g/mol. The Hall–Kier alpha value is -1.94. The number of benzene rings is 1. The van der Waals surface area contributed by atoms with E-state index in [1.165, 1.54) is 12.4 Å². The van der Waals surface area contributed by atoms with Crippen LogP contribution in [-0.2, 0) is 0 Å². The third-order valence-electron chi connectivity index (χ3n) is 2.45. The van der Waals surface area contributed by atoms with Crippen LogP contribution < -0.4 is 4.90 Å². The van der Waals surface area contributed by atoms with Crippen molar-refractivity contribution in [1.82, 2.24) is 9.97 Å². The van der Waals surface area contributed by atoms with E-state index in [1.54, 1.807) is 4.90 Å². The fourth-order valence-electron chi connectivity index (χ4n) is 1.63. The van der Waals surface area contributed by atoms with E-state index in [0.717, 1.165) is 5.69 Å².